The van der Waals surface area contributed by atoms with Crippen LogP contribution in [0.2, 0.25) is 0 Å². The summed E-state index contributed by atoms with van der Waals surface area (Å²) in [6, 6.07) is 13.7. The Morgan fingerprint density at radius 3 is 2.53 bits per heavy atom. The fraction of sp³-hybridized carbons (Fsp3) is 0.348. The van der Waals surface area contributed by atoms with Gasteiger partial charge in [0.05, 0.1) is 24.6 Å². The van der Waals surface area contributed by atoms with E-state index in [1.54, 1.807) is 24.2 Å². The van der Waals surface area contributed by atoms with Gasteiger partial charge in [-0.15, -0.1) is 0 Å². The number of carbonyl (C=O) groups excluding carboxylic acids is 1. The molecule has 4 rings (SSSR count). The summed E-state index contributed by atoms with van der Waals surface area (Å²) >= 11 is 0. The van der Waals surface area contributed by atoms with E-state index in [9.17, 15) is 4.79 Å². The van der Waals surface area contributed by atoms with Crippen LogP contribution in [0.5, 0.6) is 5.75 Å². The van der Waals surface area contributed by atoms with Crippen molar-refractivity contribution in [2.24, 2.45) is 0 Å². The first-order chi connectivity index (χ1) is 14.6. The van der Waals surface area contributed by atoms with Crippen LogP contribution in [-0.4, -0.2) is 58.9 Å². The predicted octanol–water partition coefficient (Wildman–Crippen LogP) is 3.36. The summed E-state index contributed by atoms with van der Waals surface area (Å²) in [4.78, 5) is 21.9. The second-order valence-corrected chi connectivity index (χ2v) is 7.68. The van der Waals surface area contributed by atoms with Crippen molar-refractivity contribution in [3.8, 4) is 11.6 Å². The molecule has 0 unspecified atom stereocenters. The van der Waals surface area contributed by atoms with E-state index < -0.39 is 0 Å². The summed E-state index contributed by atoms with van der Waals surface area (Å²) in [5, 5.41) is 4.49. The zero-order valence-electron chi connectivity index (χ0n) is 17.7. The number of benzene rings is 1. The molecular weight excluding hydrogens is 378 g/mol. The molecule has 156 valence electrons. The third-order valence-corrected chi connectivity index (χ3v) is 5.44. The van der Waals surface area contributed by atoms with Gasteiger partial charge in [-0.2, -0.15) is 5.10 Å². The number of carbonyl (C=O) groups is 1. The molecule has 1 aromatic carbocycles. The maximum Gasteiger partial charge on any atom is 0.257 e. The molecule has 3 heterocycles. The Labute approximate surface area is 176 Å². The minimum absolute atomic E-state index is 0.0335. The molecule has 0 saturated carbocycles. The number of hydrogen-bond acceptors (Lipinski definition) is 5. The van der Waals surface area contributed by atoms with Crippen molar-refractivity contribution in [1.29, 1.82) is 0 Å². The van der Waals surface area contributed by atoms with Gasteiger partial charge in [0.1, 0.15) is 5.75 Å². The van der Waals surface area contributed by atoms with Crippen LogP contribution in [0.3, 0.4) is 0 Å². The molecule has 0 spiro atoms. The fourth-order valence-electron chi connectivity index (χ4n) is 3.89. The van der Waals surface area contributed by atoms with Gasteiger partial charge >= 0.3 is 0 Å². The van der Waals surface area contributed by atoms with E-state index in [2.05, 4.69) is 34.9 Å². The average Bonchev–Trinajstić information content (AvgIpc) is 3.25. The van der Waals surface area contributed by atoms with E-state index in [-0.39, 0.29) is 11.8 Å². The summed E-state index contributed by atoms with van der Waals surface area (Å²) in [5.41, 5.74) is 2.67. The second kappa shape index (κ2) is 8.57. The fourth-order valence-corrected chi connectivity index (χ4v) is 3.89. The Morgan fingerprint density at radius 2 is 1.87 bits per heavy atom. The lowest BCUT2D eigenvalue weighted by molar-refractivity contribution is 0.0745. The molecule has 7 nitrogen and oxygen atoms in total. The Morgan fingerprint density at radius 1 is 1.07 bits per heavy atom. The van der Waals surface area contributed by atoms with E-state index in [0.717, 1.165) is 36.0 Å². The van der Waals surface area contributed by atoms with Gasteiger partial charge < -0.3 is 14.5 Å². The first-order valence-corrected chi connectivity index (χ1v) is 10.3. The third-order valence-electron chi connectivity index (χ3n) is 5.44. The maximum atomic E-state index is 13.3. The topological polar surface area (TPSA) is 63.5 Å². The standard InChI is InChI=1S/C23H27N5O2/c1-17(2)22-20(16-25-28(22)21-9-4-5-10-24-21)23(29)27-13-11-26(12-14-27)18-7-6-8-19(15-18)30-3/h4-10,15-17H,11-14H2,1-3H3. The van der Waals surface area contributed by atoms with Crippen molar-refractivity contribution in [2.45, 2.75) is 19.8 Å². The highest BCUT2D eigenvalue weighted by Gasteiger charge is 2.28. The Hall–Kier alpha value is -3.35. The number of amides is 1. The molecule has 1 aliphatic rings. The van der Waals surface area contributed by atoms with E-state index in [1.165, 1.54) is 0 Å². The van der Waals surface area contributed by atoms with Crippen molar-refractivity contribution >= 4 is 11.6 Å². The van der Waals surface area contributed by atoms with Crippen molar-refractivity contribution in [3.05, 3.63) is 66.1 Å². The highest BCUT2D eigenvalue weighted by molar-refractivity contribution is 5.95. The van der Waals surface area contributed by atoms with Gasteiger partial charge in [0.15, 0.2) is 5.82 Å². The van der Waals surface area contributed by atoms with Gasteiger partial charge in [0, 0.05) is 44.1 Å². The number of aromatic nitrogens is 3. The van der Waals surface area contributed by atoms with Gasteiger partial charge in [-0.3, -0.25) is 4.79 Å². The first-order valence-electron chi connectivity index (χ1n) is 10.3. The lowest BCUT2D eigenvalue weighted by atomic mass is 10.0. The Bertz CT molecular complexity index is 1010. The molecule has 2 aromatic heterocycles. The predicted molar refractivity (Wildman–Crippen MR) is 117 cm³/mol. The van der Waals surface area contributed by atoms with Crippen molar-refractivity contribution in [1.82, 2.24) is 19.7 Å². The van der Waals surface area contributed by atoms with Gasteiger partial charge in [0.25, 0.3) is 5.91 Å². The maximum absolute atomic E-state index is 13.3. The zero-order valence-corrected chi connectivity index (χ0v) is 17.7. The second-order valence-electron chi connectivity index (χ2n) is 7.68. The molecule has 0 bridgehead atoms. The molecule has 0 aliphatic carbocycles. The number of anilines is 1. The summed E-state index contributed by atoms with van der Waals surface area (Å²) in [5.74, 6) is 1.75. The number of pyridine rings is 1. The molecule has 0 N–H and O–H groups in total. The molecule has 1 fully saturated rings. The molecule has 1 saturated heterocycles. The van der Waals surface area contributed by atoms with Crippen LogP contribution in [0, 0.1) is 0 Å². The van der Waals surface area contributed by atoms with Crippen LogP contribution in [0.25, 0.3) is 5.82 Å². The Balaban J connectivity index is 1.51. The van der Waals surface area contributed by atoms with Crippen LogP contribution in [0.1, 0.15) is 35.8 Å². The van der Waals surface area contributed by atoms with Crippen LogP contribution in [0.4, 0.5) is 5.69 Å². The van der Waals surface area contributed by atoms with Crippen molar-refractivity contribution < 1.29 is 9.53 Å². The molecule has 3 aromatic rings. The van der Waals surface area contributed by atoms with Crippen LogP contribution >= 0.6 is 0 Å². The SMILES string of the molecule is COc1cccc(N2CCN(C(=O)c3cnn(-c4ccccn4)c3C(C)C)CC2)c1. The number of ether oxygens (including phenoxy) is 1. The average molecular weight is 406 g/mol. The summed E-state index contributed by atoms with van der Waals surface area (Å²) < 4.78 is 7.11. The van der Waals surface area contributed by atoms with Gasteiger partial charge in [-0.05, 0) is 30.2 Å². The minimum Gasteiger partial charge on any atom is -0.497 e. The quantitative estimate of drug-likeness (QED) is 0.651. The molecule has 0 radical (unpaired) electrons. The third kappa shape index (κ3) is 3.87. The monoisotopic (exact) mass is 405 g/mol. The highest BCUT2D eigenvalue weighted by Crippen LogP contribution is 2.25. The molecule has 7 heteroatoms. The van der Waals surface area contributed by atoms with Crippen LogP contribution < -0.4 is 9.64 Å². The van der Waals surface area contributed by atoms with Crippen LogP contribution in [-0.2, 0) is 0 Å². The van der Waals surface area contributed by atoms with Crippen LogP contribution in [0.15, 0.2) is 54.9 Å². The lowest BCUT2D eigenvalue weighted by Crippen LogP contribution is -2.49. The molecular formula is C23H27N5O2. The van der Waals surface area contributed by atoms with E-state index in [1.807, 2.05) is 41.3 Å². The van der Waals surface area contributed by atoms with Crippen molar-refractivity contribution in [2.75, 3.05) is 38.2 Å². The molecule has 1 amide bonds. The number of methoxy groups -OCH3 is 1. The van der Waals surface area contributed by atoms with Gasteiger partial charge in [-0.25, -0.2) is 9.67 Å². The van der Waals surface area contributed by atoms with E-state index >= 15 is 0 Å². The number of piperazine rings is 1. The highest BCUT2D eigenvalue weighted by atomic mass is 16.5. The van der Waals surface area contributed by atoms with Gasteiger partial charge in [0.2, 0.25) is 0 Å². The molecule has 30 heavy (non-hydrogen) atoms. The number of rotatable bonds is 5. The van der Waals surface area contributed by atoms with Crippen molar-refractivity contribution in [3.63, 3.8) is 0 Å². The largest absolute Gasteiger partial charge is 0.497 e. The normalized spacial score (nSPS) is 14.3. The summed E-state index contributed by atoms with van der Waals surface area (Å²) in [7, 11) is 1.67. The molecule has 0 atom stereocenters. The number of hydrogen-bond donors (Lipinski definition) is 0. The van der Waals surface area contributed by atoms with Gasteiger partial charge in [-0.1, -0.05) is 26.0 Å². The smallest absolute Gasteiger partial charge is 0.257 e. The summed E-state index contributed by atoms with van der Waals surface area (Å²) in [6.45, 7) is 7.06. The lowest BCUT2D eigenvalue weighted by Gasteiger charge is -2.36. The first kappa shape index (κ1) is 19.9. The summed E-state index contributed by atoms with van der Waals surface area (Å²) in [6.07, 6.45) is 3.42. The Kier molecular flexibility index (Phi) is 5.70. The number of nitrogens with zero attached hydrogens (tertiary/aromatic N) is 5. The van der Waals surface area contributed by atoms with E-state index in [4.69, 9.17) is 4.74 Å². The zero-order chi connectivity index (χ0) is 21.1. The molecule has 1 aliphatic heterocycles. The van der Waals surface area contributed by atoms with E-state index in [0.29, 0.717) is 18.7 Å². The minimum atomic E-state index is 0.0335.